The Morgan fingerprint density at radius 2 is 2.03 bits per heavy atom. The Bertz CT molecular complexity index is 993. The van der Waals surface area contributed by atoms with Gasteiger partial charge >= 0.3 is 5.16 Å². The molecule has 1 saturated heterocycles. The van der Waals surface area contributed by atoms with E-state index in [0.29, 0.717) is 25.0 Å². The molecule has 1 saturated carbocycles. The number of rotatable bonds is 6. The van der Waals surface area contributed by atoms with Crippen molar-refractivity contribution >= 4 is 22.2 Å². The zero-order valence-electron chi connectivity index (χ0n) is 16.9. The quantitative estimate of drug-likeness (QED) is 0.606. The lowest BCUT2D eigenvalue weighted by molar-refractivity contribution is -0.318. The van der Waals surface area contributed by atoms with E-state index < -0.39 is 11.2 Å². The topological polar surface area (TPSA) is 92.3 Å². The summed E-state index contributed by atoms with van der Waals surface area (Å²) in [4.78, 5) is 12.0. The van der Waals surface area contributed by atoms with Crippen LogP contribution in [-0.4, -0.2) is 45.1 Å². The summed E-state index contributed by atoms with van der Waals surface area (Å²) in [6.45, 7) is 3.79. The number of imidazole rings is 1. The minimum Gasteiger partial charge on any atom is -0.609 e. The van der Waals surface area contributed by atoms with Gasteiger partial charge in [0, 0.05) is 41.7 Å². The molecule has 7 nitrogen and oxygen atoms in total. The van der Waals surface area contributed by atoms with Gasteiger partial charge in [0.1, 0.15) is 5.75 Å². The van der Waals surface area contributed by atoms with Crippen LogP contribution in [0.2, 0.25) is 0 Å². The molecule has 2 aromatic heterocycles. The summed E-state index contributed by atoms with van der Waals surface area (Å²) in [5.74, 6) is 0.931. The minimum absolute atomic E-state index is 0.205. The molecular weight excluding hydrogens is 402 g/mol. The van der Waals surface area contributed by atoms with Crippen molar-refractivity contribution in [1.82, 2.24) is 15.0 Å². The van der Waals surface area contributed by atoms with E-state index in [1.54, 1.807) is 6.20 Å². The van der Waals surface area contributed by atoms with Crippen LogP contribution < -0.4 is 4.74 Å². The molecule has 1 aliphatic heterocycles. The van der Waals surface area contributed by atoms with Gasteiger partial charge in [-0.25, -0.2) is 0 Å². The second-order valence-electron chi connectivity index (χ2n) is 7.99. The van der Waals surface area contributed by atoms with Crippen molar-refractivity contribution in [2.24, 2.45) is 5.92 Å². The fourth-order valence-corrected chi connectivity index (χ4v) is 4.88. The van der Waals surface area contributed by atoms with Gasteiger partial charge in [0.05, 0.1) is 36.5 Å². The van der Waals surface area contributed by atoms with Gasteiger partial charge in [0.25, 0.3) is 0 Å². The highest BCUT2D eigenvalue weighted by atomic mass is 32.2. The van der Waals surface area contributed by atoms with Gasteiger partial charge in [-0.1, -0.05) is 12.1 Å². The molecule has 1 atom stereocenters. The molecule has 1 unspecified atom stereocenters. The first-order valence-electron chi connectivity index (χ1n) is 10.3. The maximum atomic E-state index is 12.9. The molecule has 1 spiro atoms. The largest absolute Gasteiger partial charge is 0.609 e. The fourth-order valence-electron chi connectivity index (χ4n) is 3.78. The SMILES string of the molecule is Cc1c(OCC2COC3(CCC3)OC2)ccnc1C[S+]([O-])c1nc2ccccc2[nH]1. The number of pyridine rings is 1. The number of nitrogens with one attached hydrogen (secondary N) is 1. The van der Waals surface area contributed by atoms with Crippen LogP contribution in [0.15, 0.2) is 41.7 Å². The Labute approximate surface area is 178 Å². The predicted octanol–water partition coefficient (Wildman–Crippen LogP) is 3.50. The lowest BCUT2D eigenvalue weighted by atomic mass is 9.90. The van der Waals surface area contributed by atoms with E-state index in [1.807, 2.05) is 37.3 Å². The second kappa shape index (κ2) is 8.19. The molecule has 0 bridgehead atoms. The van der Waals surface area contributed by atoms with E-state index in [1.165, 1.54) is 6.42 Å². The lowest BCUT2D eigenvalue weighted by Gasteiger charge is -2.45. The first-order chi connectivity index (χ1) is 14.6. The summed E-state index contributed by atoms with van der Waals surface area (Å²) >= 11 is -1.32. The zero-order valence-corrected chi connectivity index (χ0v) is 17.7. The van der Waals surface area contributed by atoms with Crippen molar-refractivity contribution < 1.29 is 18.8 Å². The highest BCUT2D eigenvalue weighted by molar-refractivity contribution is 7.90. The van der Waals surface area contributed by atoms with Gasteiger partial charge in [-0.3, -0.25) is 9.97 Å². The van der Waals surface area contributed by atoms with Crippen molar-refractivity contribution in [3.63, 3.8) is 0 Å². The standard InChI is InChI=1S/C22H25N3O4S/c1-15-19(14-30(26)21-24-17-5-2-3-6-18(17)25-21)23-10-7-20(15)27-11-16-12-28-22(29-13-16)8-4-9-22/h2-3,5-7,10,16H,4,8-9,11-14H2,1H3,(H,24,25). The smallest absolute Gasteiger partial charge is 0.322 e. The van der Waals surface area contributed by atoms with Crippen LogP contribution in [0.25, 0.3) is 11.0 Å². The number of hydrogen-bond acceptors (Lipinski definition) is 6. The molecule has 5 rings (SSSR count). The molecule has 158 valence electrons. The molecule has 1 N–H and O–H groups in total. The maximum absolute atomic E-state index is 12.9. The van der Waals surface area contributed by atoms with E-state index in [2.05, 4.69) is 15.0 Å². The zero-order chi connectivity index (χ0) is 20.6. The monoisotopic (exact) mass is 427 g/mol. The van der Waals surface area contributed by atoms with Crippen LogP contribution in [0.4, 0.5) is 0 Å². The van der Waals surface area contributed by atoms with Gasteiger partial charge in [-0.2, -0.15) is 4.98 Å². The number of H-pyrrole nitrogens is 1. The van der Waals surface area contributed by atoms with Gasteiger partial charge in [0.15, 0.2) is 11.5 Å². The summed E-state index contributed by atoms with van der Waals surface area (Å²) in [5, 5.41) is 0.463. The number of aromatic amines is 1. The summed E-state index contributed by atoms with van der Waals surface area (Å²) in [5.41, 5.74) is 3.33. The lowest BCUT2D eigenvalue weighted by Crippen LogP contribution is -2.50. The van der Waals surface area contributed by atoms with Crippen molar-refractivity contribution in [1.29, 1.82) is 0 Å². The minimum atomic E-state index is -1.32. The van der Waals surface area contributed by atoms with E-state index in [4.69, 9.17) is 14.2 Å². The van der Waals surface area contributed by atoms with Crippen molar-refractivity contribution in [3.8, 4) is 5.75 Å². The second-order valence-corrected chi connectivity index (χ2v) is 9.36. The Balaban J connectivity index is 1.22. The fraction of sp³-hybridized carbons (Fsp3) is 0.455. The van der Waals surface area contributed by atoms with Gasteiger partial charge < -0.3 is 18.8 Å². The molecule has 1 aromatic carbocycles. The van der Waals surface area contributed by atoms with Crippen molar-refractivity contribution in [2.75, 3.05) is 19.8 Å². The molecule has 0 radical (unpaired) electrons. The van der Waals surface area contributed by atoms with Crippen LogP contribution in [0.1, 0.15) is 30.5 Å². The summed E-state index contributed by atoms with van der Waals surface area (Å²) in [6.07, 6.45) is 4.87. The number of fused-ring (bicyclic) bond motifs is 1. The number of aromatic nitrogens is 3. The Hall–Kier alpha value is -2.13. The van der Waals surface area contributed by atoms with Crippen LogP contribution in [0, 0.1) is 12.8 Å². The average Bonchev–Trinajstić information content (AvgIpc) is 3.18. The Morgan fingerprint density at radius 3 is 2.77 bits per heavy atom. The highest BCUT2D eigenvalue weighted by Gasteiger charge is 2.43. The number of benzene rings is 1. The molecule has 3 heterocycles. The van der Waals surface area contributed by atoms with Crippen LogP contribution >= 0.6 is 0 Å². The van der Waals surface area contributed by atoms with Gasteiger partial charge in [-0.05, 0) is 31.5 Å². The van der Waals surface area contributed by atoms with Crippen LogP contribution in [-0.2, 0) is 26.4 Å². The molecule has 30 heavy (non-hydrogen) atoms. The van der Waals surface area contributed by atoms with E-state index in [-0.39, 0.29) is 17.5 Å². The third-order valence-electron chi connectivity index (χ3n) is 5.86. The summed E-state index contributed by atoms with van der Waals surface area (Å²) < 4.78 is 30.7. The average molecular weight is 428 g/mol. The molecule has 2 aliphatic rings. The third kappa shape index (κ3) is 3.92. The maximum Gasteiger partial charge on any atom is 0.322 e. The van der Waals surface area contributed by atoms with E-state index in [9.17, 15) is 4.55 Å². The number of nitrogens with zero attached hydrogens (tertiary/aromatic N) is 2. The molecule has 8 heteroatoms. The van der Waals surface area contributed by atoms with Crippen molar-refractivity contribution in [3.05, 3.63) is 47.8 Å². The predicted molar refractivity (Wildman–Crippen MR) is 113 cm³/mol. The third-order valence-corrected chi connectivity index (χ3v) is 7.02. The van der Waals surface area contributed by atoms with Crippen LogP contribution in [0.5, 0.6) is 5.75 Å². The van der Waals surface area contributed by atoms with Gasteiger partial charge in [-0.15, -0.1) is 0 Å². The number of ether oxygens (including phenoxy) is 3. The summed E-state index contributed by atoms with van der Waals surface area (Å²) in [6, 6.07) is 9.51. The first kappa shape index (κ1) is 19.8. The number of hydrogen-bond donors (Lipinski definition) is 1. The normalized spacial score (nSPS) is 19.7. The van der Waals surface area contributed by atoms with Gasteiger partial charge in [0.2, 0.25) is 0 Å². The van der Waals surface area contributed by atoms with Crippen LogP contribution in [0.3, 0.4) is 0 Å². The molecular formula is C22H25N3O4S. The molecule has 1 aliphatic carbocycles. The molecule has 2 fully saturated rings. The van der Waals surface area contributed by atoms with E-state index >= 15 is 0 Å². The van der Waals surface area contributed by atoms with Crippen molar-refractivity contribution in [2.45, 2.75) is 42.9 Å². The molecule has 3 aromatic rings. The van der Waals surface area contributed by atoms with E-state index in [0.717, 1.165) is 40.9 Å². The number of para-hydroxylation sites is 2. The summed E-state index contributed by atoms with van der Waals surface area (Å²) in [7, 11) is 0. The molecule has 0 amide bonds. The first-order valence-corrected chi connectivity index (χ1v) is 11.6. The highest BCUT2D eigenvalue weighted by Crippen LogP contribution is 2.39. The Morgan fingerprint density at radius 1 is 1.23 bits per heavy atom. The Kier molecular flexibility index (Phi) is 5.41.